The molecule has 1 aromatic heterocycles. The minimum atomic E-state index is -0.690. The van der Waals surface area contributed by atoms with Gasteiger partial charge in [0.1, 0.15) is 5.54 Å². The predicted molar refractivity (Wildman–Crippen MR) is 93.0 cm³/mol. The average molecular weight is 338 g/mol. The van der Waals surface area contributed by atoms with Gasteiger partial charge in [0.15, 0.2) is 0 Å². The van der Waals surface area contributed by atoms with Gasteiger partial charge in [-0.2, -0.15) is 5.10 Å². The number of nitrogens with zero attached hydrogens (tertiary/aromatic N) is 3. The number of nitrogens with one attached hydrogen (secondary N) is 1. The van der Waals surface area contributed by atoms with E-state index in [2.05, 4.69) is 17.3 Å². The molecular formula is C19H22N4O2. The Kier molecular flexibility index (Phi) is 3.82. The van der Waals surface area contributed by atoms with Crippen LogP contribution in [0.3, 0.4) is 0 Å². The number of imide groups is 1. The van der Waals surface area contributed by atoms with E-state index >= 15 is 0 Å². The van der Waals surface area contributed by atoms with Crippen LogP contribution in [0.1, 0.15) is 38.2 Å². The molecule has 3 amide bonds. The predicted octanol–water partition coefficient (Wildman–Crippen LogP) is 2.87. The van der Waals surface area contributed by atoms with Gasteiger partial charge in [0.25, 0.3) is 5.91 Å². The van der Waals surface area contributed by atoms with Gasteiger partial charge in [-0.1, -0.05) is 31.9 Å². The molecule has 1 spiro atoms. The number of amides is 3. The van der Waals surface area contributed by atoms with Crippen molar-refractivity contribution in [2.24, 2.45) is 5.92 Å². The standard InChI is InChI=1S/C19H22N4O2/c1-14-5-2-3-10-19(14)17(24)22(18(25)21-19)13-15-6-8-16(9-7-15)23-12-4-11-20-23/h4,6-9,11-12,14H,2-3,5,10,13H2,1H3,(H,21,25)/t14-,19+/m1/s1. The minimum Gasteiger partial charge on any atom is -0.323 e. The Morgan fingerprint density at radius 3 is 2.72 bits per heavy atom. The monoisotopic (exact) mass is 338 g/mol. The second-order valence-corrected chi connectivity index (χ2v) is 7.06. The fourth-order valence-electron chi connectivity index (χ4n) is 4.00. The van der Waals surface area contributed by atoms with Gasteiger partial charge in [-0.25, -0.2) is 9.48 Å². The van der Waals surface area contributed by atoms with Crippen molar-refractivity contribution < 1.29 is 9.59 Å². The molecule has 6 nitrogen and oxygen atoms in total. The van der Waals surface area contributed by atoms with Gasteiger partial charge >= 0.3 is 6.03 Å². The van der Waals surface area contributed by atoms with Crippen molar-refractivity contribution in [3.8, 4) is 5.69 Å². The highest BCUT2D eigenvalue weighted by molar-refractivity contribution is 6.07. The number of aromatic nitrogens is 2. The molecule has 1 aliphatic carbocycles. The summed E-state index contributed by atoms with van der Waals surface area (Å²) in [6.45, 7) is 2.37. The molecular weight excluding hydrogens is 316 g/mol. The van der Waals surface area contributed by atoms with Gasteiger partial charge in [-0.3, -0.25) is 9.69 Å². The Morgan fingerprint density at radius 1 is 1.24 bits per heavy atom. The van der Waals surface area contributed by atoms with Gasteiger partial charge in [0, 0.05) is 12.4 Å². The minimum absolute atomic E-state index is 0.0687. The third kappa shape index (κ3) is 2.62. The summed E-state index contributed by atoms with van der Waals surface area (Å²) in [5, 5.41) is 7.19. The summed E-state index contributed by atoms with van der Waals surface area (Å²) < 4.78 is 1.77. The maximum Gasteiger partial charge on any atom is 0.325 e. The number of hydrogen-bond donors (Lipinski definition) is 1. The van der Waals surface area contributed by atoms with E-state index in [1.165, 1.54) is 4.90 Å². The van der Waals surface area contributed by atoms with Crippen molar-refractivity contribution in [1.82, 2.24) is 20.0 Å². The van der Waals surface area contributed by atoms with Crippen LogP contribution in [0.2, 0.25) is 0 Å². The quantitative estimate of drug-likeness (QED) is 0.875. The number of urea groups is 1. The third-order valence-electron chi connectivity index (χ3n) is 5.55. The van der Waals surface area contributed by atoms with E-state index in [0.717, 1.165) is 36.9 Å². The maximum atomic E-state index is 13.0. The highest BCUT2D eigenvalue weighted by Crippen LogP contribution is 2.38. The molecule has 1 saturated carbocycles. The molecule has 1 aliphatic heterocycles. The molecule has 2 fully saturated rings. The Labute approximate surface area is 146 Å². The van der Waals surface area contributed by atoms with E-state index < -0.39 is 5.54 Å². The topological polar surface area (TPSA) is 67.2 Å². The molecule has 0 radical (unpaired) electrons. The number of rotatable bonds is 3. The number of benzene rings is 1. The number of carbonyl (C=O) groups excluding carboxylic acids is 2. The van der Waals surface area contributed by atoms with Crippen molar-refractivity contribution in [3.63, 3.8) is 0 Å². The fraction of sp³-hybridized carbons (Fsp3) is 0.421. The Hall–Kier alpha value is -2.63. The zero-order valence-corrected chi connectivity index (χ0v) is 14.3. The Balaban J connectivity index is 1.52. The van der Waals surface area contributed by atoms with Crippen molar-refractivity contribution >= 4 is 11.9 Å². The van der Waals surface area contributed by atoms with Crippen molar-refractivity contribution in [2.45, 2.75) is 44.7 Å². The van der Waals surface area contributed by atoms with E-state index in [4.69, 9.17) is 0 Å². The molecule has 130 valence electrons. The van der Waals surface area contributed by atoms with Crippen molar-refractivity contribution in [1.29, 1.82) is 0 Å². The summed E-state index contributed by atoms with van der Waals surface area (Å²) in [5.41, 5.74) is 1.19. The highest BCUT2D eigenvalue weighted by Gasteiger charge is 2.54. The van der Waals surface area contributed by atoms with Gasteiger partial charge in [-0.05, 0) is 42.5 Å². The molecule has 2 atom stereocenters. The molecule has 1 saturated heterocycles. The first kappa shape index (κ1) is 15.9. The van der Waals surface area contributed by atoms with Gasteiger partial charge in [-0.15, -0.1) is 0 Å². The van der Waals surface area contributed by atoms with Crippen LogP contribution in [0.25, 0.3) is 5.69 Å². The smallest absolute Gasteiger partial charge is 0.323 e. The van der Waals surface area contributed by atoms with Gasteiger partial charge in [0.2, 0.25) is 0 Å². The maximum absolute atomic E-state index is 13.0. The molecule has 0 unspecified atom stereocenters. The molecule has 6 heteroatoms. The zero-order valence-electron chi connectivity index (χ0n) is 14.3. The molecule has 2 heterocycles. The first-order valence-electron chi connectivity index (χ1n) is 8.83. The molecule has 2 aliphatic rings. The van der Waals surface area contributed by atoms with Crippen molar-refractivity contribution in [3.05, 3.63) is 48.3 Å². The lowest BCUT2D eigenvalue weighted by Gasteiger charge is -2.36. The molecule has 25 heavy (non-hydrogen) atoms. The first-order chi connectivity index (χ1) is 12.1. The lowest BCUT2D eigenvalue weighted by molar-refractivity contribution is -0.134. The Bertz CT molecular complexity index is 784. The van der Waals surface area contributed by atoms with Gasteiger partial charge in [0.05, 0.1) is 12.2 Å². The summed E-state index contributed by atoms with van der Waals surface area (Å²) in [7, 11) is 0. The average Bonchev–Trinajstić information content (AvgIpc) is 3.22. The molecule has 2 aromatic rings. The van der Waals surface area contributed by atoms with Gasteiger partial charge < -0.3 is 5.32 Å². The molecule has 0 bridgehead atoms. The van der Waals surface area contributed by atoms with Crippen LogP contribution < -0.4 is 5.32 Å². The number of hydrogen-bond acceptors (Lipinski definition) is 3. The summed E-state index contributed by atoms with van der Waals surface area (Å²) in [5.74, 6) is 0.116. The Morgan fingerprint density at radius 2 is 2.04 bits per heavy atom. The van der Waals surface area contributed by atoms with Crippen LogP contribution in [0, 0.1) is 5.92 Å². The van der Waals surface area contributed by atoms with Crippen LogP contribution in [0.15, 0.2) is 42.7 Å². The van der Waals surface area contributed by atoms with E-state index in [-0.39, 0.29) is 17.9 Å². The zero-order chi connectivity index (χ0) is 17.4. The molecule has 4 rings (SSSR count). The van der Waals surface area contributed by atoms with Crippen LogP contribution in [-0.2, 0) is 11.3 Å². The van der Waals surface area contributed by atoms with Crippen LogP contribution in [0.5, 0.6) is 0 Å². The van der Waals surface area contributed by atoms with E-state index in [1.807, 2.05) is 36.5 Å². The second-order valence-electron chi connectivity index (χ2n) is 7.06. The van der Waals surface area contributed by atoms with Crippen LogP contribution >= 0.6 is 0 Å². The van der Waals surface area contributed by atoms with E-state index in [0.29, 0.717) is 6.54 Å². The SMILES string of the molecule is C[C@@H]1CCCC[C@]12NC(=O)N(Cc1ccc(-n3cccn3)cc1)C2=O. The summed E-state index contributed by atoms with van der Waals surface area (Å²) in [6.07, 6.45) is 7.45. The number of carbonyl (C=O) groups is 2. The highest BCUT2D eigenvalue weighted by atomic mass is 16.2. The van der Waals surface area contributed by atoms with Crippen LogP contribution in [0.4, 0.5) is 4.79 Å². The second kappa shape index (κ2) is 6.02. The lowest BCUT2D eigenvalue weighted by Crippen LogP contribution is -2.53. The summed E-state index contributed by atoms with van der Waals surface area (Å²) in [4.78, 5) is 26.8. The summed E-state index contributed by atoms with van der Waals surface area (Å²) in [6, 6.07) is 9.36. The van der Waals surface area contributed by atoms with Crippen LogP contribution in [-0.4, -0.2) is 32.2 Å². The van der Waals surface area contributed by atoms with Crippen molar-refractivity contribution in [2.75, 3.05) is 0 Å². The fourth-order valence-corrected chi connectivity index (χ4v) is 4.00. The van der Waals surface area contributed by atoms with E-state index in [9.17, 15) is 9.59 Å². The lowest BCUT2D eigenvalue weighted by atomic mass is 9.73. The normalized spacial score (nSPS) is 26.3. The van der Waals surface area contributed by atoms with E-state index in [1.54, 1.807) is 10.9 Å². The molecule has 1 aromatic carbocycles. The first-order valence-corrected chi connectivity index (χ1v) is 8.83. The summed E-state index contributed by atoms with van der Waals surface area (Å²) >= 11 is 0. The molecule has 1 N–H and O–H groups in total. The third-order valence-corrected chi connectivity index (χ3v) is 5.55. The largest absolute Gasteiger partial charge is 0.325 e.